The number of pyridine rings is 1. The van der Waals surface area contributed by atoms with Gasteiger partial charge in [0, 0.05) is 30.6 Å². The van der Waals surface area contributed by atoms with E-state index in [1.165, 1.54) is 45.3 Å². The Kier molecular flexibility index (Phi) is 9.64. The maximum Gasteiger partial charge on any atom is 0.416 e. The number of primary amides is 1. The average molecular weight is 661 g/mol. The third kappa shape index (κ3) is 7.05. The molecule has 2 unspecified atom stereocenters. The Morgan fingerprint density at radius 2 is 1.49 bits per heavy atom. The summed E-state index contributed by atoms with van der Waals surface area (Å²) in [5, 5.41) is 2.48. The van der Waals surface area contributed by atoms with Crippen LogP contribution in [0.4, 0.5) is 36.4 Å². The Labute approximate surface area is 259 Å². The third-order valence-electron chi connectivity index (χ3n) is 7.70. The van der Waals surface area contributed by atoms with Gasteiger partial charge in [-0.25, -0.2) is 4.39 Å². The minimum absolute atomic E-state index is 0. The molecule has 1 aliphatic rings. The van der Waals surface area contributed by atoms with Crippen LogP contribution in [-0.2, 0) is 32.2 Å². The Balaban J connectivity index is 0.00000552. The van der Waals surface area contributed by atoms with E-state index in [1.807, 2.05) is 0 Å². The highest BCUT2D eigenvalue weighted by atomic mass is 35.5. The molecule has 242 valence electrons. The van der Waals surface area contributed by atoms with Crippen molar-refractivity contribution in [3.63, 3.8) is 0 Å². The summed E-state index contributed by atoms with van der Waals surface area (Å²) in [6.45, 7) is 3.97. The molecule has 2 atom stereocenters. The minimum Gasteiger partial charge on any atom is -0.368 e. The van der Waals surface area contributed by atoms with Gasteiger partial charge in [-0.05, 0) is 73.9 Å². The van der Waals surface area contributed by atoms with Gasteiger partial charge >= 0.3 is 12.4 Å². The molecule has 1 aromatic heterocycles. The van der Waals surface area contributed by atoms with Crippen LogP contribution in [0.5, 0.6) is 0 Å². The van der Waals surface area contributed by atoms with E-state index in [9.17, 15) is 45.1 Å². The molecule has 3 aromatic rings. The summed E-state index contributed by atoms with van der Waals surface area (Å²) in [4.78, 5) is 43.4. The van der Waals surface area contributed by atoms with E-state index in [1.54, 1.807) is 6.92 Å². The van der Waals surface area contributed by atoms with Gasteiger partial charge in [0.25, 0.3) is 0 Å². The summed E-state index contributed by atoms with van der Waals surface area (Å²) in [5.41, 5.74) is 1.31. The Morgan fingerprint density at radius 1 is 0.933 bits per heavy atom. The van der Waals surface area contributed by atoms with E-state index in [0.717, 1.165) is 11.0 Å². The molecule has 4 rings (SSSR count). The van der Waals surface area contributed by atoms with Gasteiger partial charge in [0.2, 0.25) is 17.7 Å². The van der Waals surface area contributed by atoms with Crippen molar-refractivity contribution in [2.45, 2.75) is 56.9 Å². The van der Waals surface area contributed by atoms with E-state index >= 15 is 0 Å². The van der Waals surface area contributed by atoms with Gasteiger partial charge < -0.3 is 16.0 Å². The molecule has 0 spiro atoms. The van der Waals surface area contributed by atoms with Crippen LogP contribution in [0.3, 0.4) is 0 Å². The van der Waals surface area contributed by atoms with Crippen molar-refractivity contribution in [2.24, 2.45) is 5.73 Å². The number of aryl methyl sites for hydroxylation is 1. The number of aromatic nitrogens is 1. The number of benzene rings is 2. The molecule has 0 aliphatic carbocycles. The number of likely N-dealkylation sites (N-methyl/N-ethyl adjacent to an activating group) is 1. The van der Waals surface area contributed by atoms with Gasteiger partial charge in [0.1, 0.15) is 11.9 Å². The van der Waals surface area contributed by atoms with Crippen LogP contribution >= 0.6 is 12.4 Å². The first-order chi connectivity index (χ1) is 20.2. The van der Waals surface area contributed by atoms with Crippen LogP contribution in [0, 0.1) is 12.7 Å². The Bertz CT molecular complexity index is 1630. The summed E-state index contributed by atoms with van der Waals surface area (Å²) in [7, 11) is 1.27. The Hall–Kier alpha value is -4.20. The topological polar surface area (TPSA) is 105 Å². The average Bonchev–Trinajstić information content (AvgIpc) is 3.32. The quantitative estimate of drug-likeness (QED) is 0.314. The monoisotopic (exact) mass is 660 g/mol. The van der Waals surface area contributed by atoms with Gasteiger partial charge in [-0.2, -0.15) is 26.3 Å². The maximum atomic E-state index is 14.0. The molecule has 3 amide bonds. The molecule has 45 heavy (non-hydrogen) atoms. The first-order valence-corrected chi connectivity index (χ1v) is 13.1. The summed E-state index contributed by atoms with van der Waals surface area (Å²) >= 11 is 0. The van der Waals surface area contributed by atoms with Crippen LogP contribution in [0.15, 0.2) is 48.7 Å². The van der Waals surface area contributed by atoms with Crippen LogP contribution in [0.25, 0.3) is 11.1 Å². The number of nitrogens with zero attached hydrogens (tertiary/aromatic N) is 2. The summed E-state index contributed by atoms with van der Waals surface area (Å²) in [5.74, 6) is -3.47. The number of amides is 3. The fraction of sp³-hybridized carbons (Fsp3) is 0.333. The van der Waals surface area contributed by atoms with Crippen LogP contribution in [0.1, 0.15) is 54.1 Å². The SMILES string of the molecule is Cc1cc(F)ccc1-c1cc(C2CC(=O)NC2C(N)=O)ncc1N(C)C(=O)C(C)(C)c1cc(C(F)(F)F)cc(C(F)(F)F)c1.Cl. The van der Waals surface area contributed by atoms with Crippen LogP contribution in [-0.4, -0.2) is 35.8 Å². The molecule has 1 fully saturated rings. The predicted molar refractivity (Wildman–Crippen MR) is 153 cm³/mol. The van der Waals surface area contributed by atoms with Gasteiger partial charge in [-0.1, -0.05) is 6.07 Å². The van der Waals surface area contributed by atoms with Crippen LogP contribution in [0.2, 0.25) is 0 Å². The molecule has 2 aromatic carbocycles. The third-order valence-corrected chi connectivity index (χ3v) is 7.70. The number of carbonyl (C=O) groups is 3. The first-order valence-electron chi connectivity index (χ1n) is 13.1. The number of carbonyl (C=O) groups excluding carboxylic acids is 3. The highest BCUT2D eigenvalue weighted by Crippen LogP contribution is 2.41. The van der Waals surface area contributed by atoms with Gasteiger partial charge in [0.05, 0.1) is 28.4 Å². The van der Waals surface area contributed by atoms with E-state index in [-0.39, 0.29) is 41.8 Å². The number of alkyl halides is 6. The molecule has 0 radical (unpaired) electrons. The van der Waals surface area contributed by atoms with Crippen molar-refractivity contribution in [1.82, 2.24) is 10.3 Å². The molecular formula is C30H28ClF7N4O3. The minimum atomic E-state index is -5.12. The highest BCUT2D eigenvalue weighted by molar-refractivity contribution is 6.03. The number of nitrogens with one attached hydrogen (secondary N) is 1. The zero-order chi connectivity index (χ0) is 32.9. The van der Waals surface area contributed by atoms with Crippen molar-refractivity contribution in [2.75, 3.05) is 11.9 Å². The molecule has 0 saturated carbocycles. The molecule has 3 N–H and O–H groups in total. The zero-order valence-corrected chi connectivity index (χ0v) is 25.0. The highest BCUT2D eigenvalue weighted by Gasteiger charge is 2.42. The van der Waals surface area contributed by atoms with Crippen molar-refractivity contribution in [1.29, 1.82) is 0 Å². The molecule has 1 aliphatic heterocycles. The van der Waals surface area contributed by atoms with Crippen molar-refractivity contribution in [3.05, 3.63) is 82.4 Å². The number of rotatable bonds is 6. The van der Waals surface area contributed by atoms with E-state index in [0.29, 0.717) is 23.3 Å². The first kappa shape index (κ1) is 35.3. The molecule has 1 saturated heterocycles. The van der Waals surface area contributed by atoms with Crippen molar-refractivity contribution in [3.8, 4) is 11.1 Å². The molecule has 15 heteroatoms. The molecule has 7 nitrogen and oxygen atoms in total. The standard InChI is InChI=1S/C30H27F7N4O3.ClH/c1-14-7-18(31)5-6-19(14)20-11-22(21-12-24(42)40-25(21)26(38)43)39-13-23(20)41(4)27(44)28(2,3)15-8-16(29(32,33)34)10-17(9-15)30(35,36)37;/h5-11,13,21,25H,12H2,1-4H3,(H2,38,43)(H,40,42);1H. The number of hydrogen-bond acceptors (Lipinski definition) is 4. The van der Waals surface area contributed by atoms with Gasteiger partial charge in [-0.15, -0.1) is 12.4 Å². The number of nitrogens with two attached hydrogens (primary N) is 1. The van der Waals surface area contributed by atoms with Gasteiger partial charge in [-0.3, -0.25) is 19.4 Å². The molecule has 0 bridgehead atoms. The smallest absolute Gasteiger partial charge is 0.368 e. The van der Waals surface area contributed by atoms with E-state index in [4.69, 9.17) is 5.73 Å². The van der Waals surface area contributed by atoms with Crippen LogP contribution < -0.4 is 16.0 Å². The van der Waals surface area contributed by atoms with E-state index in [2.05, 4.69) is 10.3 Å². The number of halogens is 8. The van der Waals surface area contributed by atoms with Crippen molar-refractivity contribution >= 4 is 35.8 Å². The Morgan fingerprint density at radius 3 is 2.00 bits per heavy atom. The predicted octanol–water partition coefficient (Wildman–Crippen LogP) is 6.05. The second-order valence-corrected chi connectivity index (χ2v) is 11.1. The normalized spacial score (nSPS) is 17.0. The maximum absolute atomic E-state index is 14.0. The fourth-order valence-electron chi connectivity index (χ4n) is 5.24. The zero-order valence-electron chi connectivity index (χ0n) is 24.2. The second kappa shape index (κ2) is 12.3. The van der Waals surface area contributed by atoms with Crippen molar-refractivity contribution < 1.29 is 45.1 Å². The number of anilines is 1. The summed E-state index contributed by atoms with van der Waals surface area (Å²) in [6, 6.07) is 5.19. The van der Waals surface area contributed by atoms with Gasteiger partial charge in [0.15, 0.2) is 0 Å². The lowest BCUT2D eigenvalue weighted by atomic mass is 9.81. The lowest BCUT2D eigenvalue weighted by molar-refractivity contribution is -0.143. The lowest BCUT2D eigenvalue weighted by Gasteiger charge is -2.32. The molecular weight excluding hydrogens is 633 g/mol. The summed E-state index contributed by atoms with van der Waals surface area (Å²) < 4.78 is 95.4. The molecule has 2 heterocycles. The summed E-state index contributed by atoms with van der Waals surface area (Å²) in [6.07, 6.45) is -9.13. The van der Waals surface area contributed by atoms with E-state index < -0.39 is 70.0 Å². The lowest BCUT2D eigenvalue weighted by Crippen LogP contribution is -2.42. The largest absolute Gasteiger partial charge is 0.416 e. The second-order valence-electron chi connectivity index (χ2n) is 11.1. The fourth-order valence-corrected chi connectivity index (χ4v) is 5.24. The number of hydrogen-bond donors (Lipinski definition) is 2.